The van der Waals surface area contributed by atoms with Crippen LogP contribution >= 0.6 is 0 Å². The van der Waals surface area contributed by atoms with Crippen LogP contribution in [-0.2, 0) is 9.59 Å². The van der Waals surface area contributed by atoms with Crippen molar-refractivity contribution in [3.63, 3.8) is 0 Å². The Morgan fingerprint density at radius 3 is 2.29 bits per heavy atom. The number of carbonyl (C=O) groups is 2. The molecular formula is C14H23NO2. The van der Waals surface area contributed by atoms with Crippen LogP contribution in [0.3, 0.4) is 0 Å². The van der Waals surface area contributed by atoms with Crippen LogP contribution in [0, 0.1) is 17.3 Å². The average molecular weight is 237 g/mol. The zero-order chi connectivity index (χ0) is 12.5. The molecule has 3 heteroatoms. The highest BCUT2D eigenvalue weighted by molar-refractivity contribution is 5.99. The molecule has 1 atom stereocenters. The largest absolute Gasteiger partial charge is 0.296 e. The van der Waals surface area contributed by atoms with E-state index in [1.807, 2.05) is 0 Å². The third-order valence-electron chi connectivity index (χ3n) is 5.00. The van der Waals surface area contributed by atoms with Crippen molar-refractivity contribution in [3.05, 3.63) is 0 Å². The number of hydrogen-bond donors (Lipinski definition) is 1. The fraction of sp³-hybridized carbons (Fsp3) is 0.857. The first-order valence-corrected chi connectivity index (χ1v) is 6.96. The number of piperidine rings is 1. The standard InChI is InChI=1S/C14H23NO2/c1-3-14(4-2)9-11(16)15-13(17)12(14)10-7-5-6-8-10/h10,12H,3-9H2,1-2H3,(H,15,16,17). The average Bonchev–Trinajstić information content (AvgIpc) is 2.80. The SMILES string of the molecule is CCC1(CC)CC(=O)NC(=O)C1C1CCCC1. The van der Waals surface area contributed by atoms with Crippen LogP contribution in [0.5, 0.6) is 0 Å². The Kier molecular flexibility index (Phi) is 3.55. The molecule has 1 aliphatic carbocycles. The molecule has 2 amide bonds. The normalized spacial score (nSPS) is 29.4. The third-order valence-corrected chi connectivity index (χ3v) is 5.00. The van der Waals surface area contributed by atoms with Crippen LogP contribution in [0.2, 0.25) is 0 Å². The molecule has 96 valence electrons. The van der Waals surface area contributed by atoms with Crippen LogP contribution in [0.1, 0.15) is 58.8 Å². The van der Waals surface area contributed by atoms with Gasteiger partial charge >= 0.3 is 0 Å². The van der Waals surface area contributed by atoms with Gasteiger partial charge in [-0.1, -0.05) is 26.7 Å². The number of hydrogen-bond acceptors (Lipinski definition) is 2. The summed E-state index contributed by atoms with van der Waals surface area (Å²) in [7, 11) is 0. The van der Waals surface area contributed by atoms with Gasteiger partial charge in [-0.15, -0.1) is 0 Å². The maximum Gasteiger partial charge on any atom is 0.230 e. The summed E-state index contributed by atoms with van der Waals surface area (Å²) in [6.07, 6.45) is 7.21. The van der Waals surface area contributed by atoms with Crippen molar-refractivity contribution < 1.29 is 9.59 Å². The second-order valence-electron chi connectivity index (χ2n) is 5.68. The molecule has 2 rings (SSSR count). The van der Waals surface area contributed by atoms with Gasteiger partial charge in [0.1, 0.15) is 0 Å². The van der Waals surface area contributed by atoms with E-state index in [-0.39, 0.29) is 23.1 Å². The summed E-state index contributed by atoms with van der Waals surface area (Å²) in [5.74, 6) is 0.491. The minimum absolute atomic E-state index is 0.00292. The summed E-state index contributed by atoms with van der Waals surface area (Å²) < 4.78 is 0. The molecule has 1 unspecified atom stereocenters. The molecule has 1 N–H and O–H groups in total. The molecule has 1 saturated heterocycles. The highest BCUT2D eigenvalue weighted by Crippen LogP contribution is 2.49. The van der Waals surface area contributed by atoms with E-state index in [0.717, 1.165) is 25.7 Å². The molecular weight excluding hydrogens is 214 g/mol. The first-order chi connectivity index (χ1) is 8.13. The monoisotopic (exact) mass is 237 g/mol. The van der Waals surface area contributed by atoms with Gasteiger partial charge in [-0.2, -0.15) is 0 Å². The number of imide groups is 1. The Morgan fingerprint density at radius 2 is 1.76 bits per heavy atom. The van der Waals surface area contributed by atoms with E-state index < -0.39 is 0 Å². The highest BCUT2D eigenvalue weighted by Gasteiger charge is 2.49. The zero-order valence-electron chi connectivity index (χ0n) is 10.9. The molecule has 1 saturated carbocycles. The lowest BCUT2D eigenvalue weighted by Gasteiger charge is -2.44. The van der Waals surface area contributed by atoms with E-state index in [1.165, 1.54) is 12.8 Å². The summed E-state index contributed by atoms with van der Waals surface area (Å²) in [4.78, 5) is 23.8. The highest BCUT2D eigenvalue weighted by atomic mass is 16.2. The summed E-state index contributed by atoms with van der Waals surface area (Å²) in [6, 6.07) is 0. The van der Waals surface area contributed by atoms with Crippen molar-refractivity contribution >= 4 is 11.8 Å². The van der Waals surface area contributed by atoms with Gasteiger partial charge in [0.25, 0.3) is 0 Å². The zero-order valence-corrected chi connectivity index (χ0v) is 10.9. The molecule has 2 aliphatic rings. The van der Waals surface area contributed by atoms with Gasteiger partial charge < -0.3 is 0 Å². The maximum absolute atomic E-state index is 12.2. The summed E-state index contributed by atoms with van der Waals surface area (Å²) >= 11 is 0. The van der Waals surface area contributed by atoms with Gasteiger partial charge in [0, 0.05) is 12.3 Å². The molecule has 17 heavy (non-hydrogen) atoms. The molecule has 3 nitrogen and oxygen atoms in total. The molecule has 1 aliphatic heterocycles. The van der Waals surface area contributed by atoms with Gasteiger partial charge in [-0.3, -0.25) is 14.9 Å². The fourth-order valence-electron chi connectivity index (χ4n) is 3.91. The second-order valence-corrected chi connectivity index (χ2v) is 5.68. The summed E-state index contributed by atoms with van der Waals surface area (Å²) in [5.41, 5.74) is -0.0750. The van der Waals surface area contributed by atoms with Gasteiger partial charge in [0.2, 0.25) is 11.8 Å². The lowest BCUT2D eigenvalue weighted by molar-refractivity contribution is -0.147. The Bertz CT molecular complexity index is 314. The quantitative estimate of drug-likeness (QED) is 0.767. The van der Waals surface area contributed by atoms with Crippen molar-refractivity contribution in [2.45, 2.75) is 58.8 Å². The number of rotatable bonds is 3. The van der Waals surface area contributed by atoms with Gasteiger partial charge in [-0.05, 0) is 37.0 Å². The molecule has 0 radical (unpaired) electrons. The minimum Gasteiger partial charge on any atom is -0.296 e. The van der Waals surface area contributed by atoms with Crippen LogP contribution in [0.15, 0.2) is 0 Å². The number of nitrogens with one attached hydrogen (secondary N) is 1. The van der Waals surface area contributed by atoms with Crippen LogP contribution < -0.4 is 5.32 Å². The van der Waals surface area contributed by atoms with Gasteiger partial charge in [-0.25, -0.2) is 0 Å². The summed E-state index contributed by atoms with van der Waals surface area (Å²) in [5, 5.41) is 2.55. The topological polar surface area (TPSA) is 46.2 Å². The predicted octanol–water partition coefficient (Wildman–Crippen LogP) is 2.65. The van der Waals surface area contributed by atoms with Gasteiger partial charge in [0.15, 0.2) is 0 Å². The van der Waals surface area contributed by atoms with E-state index in [2.05, 4.69) is 19.2 Å². The fourth-order valence-corrected chi connectivity index (χ4v) is 3.91. The number of amides is 2. The van der Waals surface area contributed by atoms with Crippen molar-refractivity contribution in [2.24, 2.45) is 17.3 Å². The molecule has 0 aromatic rings. The third kappa shape index (κ3) is 2.12. The van der Waals surface area contributed by atoms with E-state index in [9.17, 15) is 9.59 Å². The summed E-state index contributed by atoms with van der Waals surface area (Å²) in [6.45, 7) is 4.24. The Balaban J connectivity index is 2.28. The first-order valence-electron chi connectivity index (χ1n) is 6.96. The number of carbonyl (C=O) groups excluding carboxylic acids is 2. The Labute approximate surface area is 103 Å². The van der Waals surface area contributed by atoms with Crippen molar-refractivity contribution in [2.75, 3.05) is 0 Å². The predicted molar refractivity (Wildman–Crippen MR) is 66.2 cm³/mol. The Morgan fingerprint density at radius 1 is 1.18 bits per heavy atom. The van der Waals surface area contributed by atoms with Crippen LogP contribution in [0.4, 0.5) is 0 Å². The van der Waals surface area contributed by atoms with E-state index in [4.69, 9.17) is 0 Å². The smallest absolute Gasteiger partial charge is 0.230 e. The maximum atomic E-state index is 12.2. The second kappa shape index (κ2) is 4.79. The molecule has 0 aromatic heterocycles. The van der Waals surface area contributed by atoms with Crippen molar-refractivity contribution in [3.8, 4) is 0 Å². The van der Waals surface area contributed by atoms with E-state index in [0.29, 0.717) is 12.3 Å². The molecule has 2 fully saturated rings. The molecule has 1 heterocycles. The van der Waals surface area contributed by atoms with Crippen molar-refractivity contribution in [1.82, 2.24) is 5.32 Å². The molecule has 0 bridgehead atoms. The van der Waals surface area contributed by atoms with E-state index in [1.54, 1.807) is 0 Å². The molecule has 0 spiro atoms. The Hall–Kier alpha value is -0.860. The first kappa shape index (κ1) is 12.6. The lowest BCUT2D eigenvalue weighted by atomic mass is 9.62. The van der Waals surface area contributed by atoms with Crippen LogP contribution in [-0.4, -0.2) is 11.8 Å². The van der Waals surface area contributed by atoms with Crippen molar-refractivity contribution in [1.29, 1.82) is 0 Å². The van der Waals surface area contributed by atoms with E-state index >= 15 is 0 Å². The van der Waals surface area contributed by atoms with Gasteiger partial charge in [0.05, 0.1) is 0 Å². The van der Waals surface area contributed by atoms with Crippen LogP contribution in [0.25, 0.3) is 0 Å². The molecule has 0 aromatic carbocycles. The minimum atomic E-state index is -0.0760. The lowest BCUT2D eigenvalue weighted by Crippen LogP contribution is -2.54.